The quantitative estimate of drug-likeness (QED) is 0.735. The molecule has 6 heteroatoms. The summed E-state index contributed by atoms with van der Waals surface area (Å²) in [5.41, 5.74) is 1.21. The molecule has 2 rings (SSSR count). The Kier molecular flexibility index (Phi) is 5.27. The molecule has 0 N–H and O–H groups in total. The molecule has 6 nitrogen and oxygen atoms in total. The number of ether oxygens (including phenoxy) is 2. The molecule has 1 aromatic carbocycles. The average Bonchev–Trinajstić information content (AvgIpc) is 2.48. The first kappa shape index (κ1) is 16.2. The Balaban J connectivity index is 2.31. The molecule has 2 aromatic rings. The summed E-state index contributed by atoms with van der Waals surface area (Å²) in [7, 11) is 4.10. The molecule has 0 radical (unpaired) electrons. The maximum Gasteiger partial charge on any atom is 0.338 e. The van der Waals surface area contributed by atoms with Gasteiger partial charge in [0.2, 0.25) is 0 Å². The molecule has 0 aliphatic heterocycles. The Morgan fingerprint density at radius 3 is 1.91 bits per heavy atom. The number of nitrogens with zero attached hydrogens (tertiary/aromatic N) is 4. The van der Waals surface area contributed by atoms with E-state index in [1.54, 1.807) is 0 Å². The smallest absolute Gasteiger partial charge is 0.338 e. The maximum atomic E-state index is 5.43. The third kappa shape index (κ3) is 4.14. The van der Waals surface area contributed by atoms with Crippen molar-refractivity contribution in [2.75, 3.05) is 27.3 Å². The summed E-state index contributed by atoms with van der Waals surface area (Å²) in [5, 5.41) is 0. The van der Waals surface area contributed by atoms with Crippen molar-refractivity contribution in [3.63, 3.8) is 0 Å². The SMILES string of the molecule is CCOc1nc(OCC)nc([N+](C)(C)Cc2ccccc2)n1. The maximum absolute atomic E-state index is 5.43. The fraction of sp³-hybridized carbons (Fsp3) is 0.438. The summed E-state index contributed by atoms with van der Waals surface area (Å²) < 4.78 is 11.3. The summed E-state index contributed by atoms with van der Waals surface area (Å²) in [6.45, 7) is 5.56. The lowest BCUT2D eigenvalue weighted by molar-refractivity contribution is 0.268. The zero-order valence-corrected chi connectivity index (χ0v) is 13.6. The van der Waals surface area contributed by atoms with E-state index in [1.807, 2.05) is 46.1 Å². The molecule has 0 saturated carbocycles. The largest absolute Gasteiger partial charge is 0.463 e. The molecule has 1 heterocycles. The third-order valence-corrected chi connectivity index (χ3v) is 3.09. The van der Waals surface area contributed by atoms with Crippen LogP contribution >= 0.6 is 0 Å². The average molecular weight is 303 g/mol. The Morgan fingerprint density at radius 2 is 1.41 bits per heavy atom. The molecule has 0 unspecified atom stereocenters. The molecular weight excluding hydrogens is 280 g/mol. The number of rotatable bonds is 7. The zero-order valence-electron chi connectivity index (χ0n) is 13.6. The predicted octanol–water partition coefficient (Wildman–Crippen LogP) is 2.44. The van der Waals surface area contributed by atoms with Gasteiger partial charge >= 0.3 is 18.0 Å². The summed E-state index contributed by atoms with van der Waals surface area (Å²) in [6, 6.07) is 10.8. The van der Waals surface area contributed by atoms with Gasteiger partial charge in [0.25, 0.3) is 0 Å². The van der Waals surface area contributed by atoms with Crippen molar-refractivity contribution in [2.45, 2.75) is 20.4 Å². The van der Waals surface area contributed by atoms with Crippen LogP contribution in [0.5, 0.6) is 12.0 Å². The number of hydrogen-bond donors (Lipinski definition) is 0. The number of aromatic nitrogens is 3. The van der Waals surface area contributed by atoms with Crippen LogP contribution in [0.15, 0.2) is 30.3 Å². The molecule has 0 amide bonds. The molecule has 0 atom stereocenters. The summed E-state index contributed by atoms with van der Waals surface area (Å²) >= 11 is 0. The van der Waals surface area contributed by atoms with Gasteiger partial charge in [0.1, 0.15) is 6.54 Å². The molecule has 0 saturated heterocycles. The second-order valence-corrected chi connectivity index (χ2v) is 5.40. The molecule has 0 spiro atoms. The molecular formula is C16H23N4O2+. The minimum atomic E-state index is 0.301. The fourth-order valence-electron chi connectivity index (χ4n) is 2.10. The lowest BCUT2D eigenvalue weighted by Gasteiger charge is -2.26. The van der Waals surface area contributed by atoms with Crippen molar-refractivity contribution in [1.29, 1.82) is 0 Å². The van der Waals surface area contributed by atoms with Crippen molar-refractivity contribution in [2.24, 2.45) is 0 Å². The van der Waals surface area contributed by atoms with Gasteiger partial charge in [-0.15, -0.1) is 15.0 Å². The molecule has 0 bridgehead atoms. The standard InChI is InChI=1S/C16H23N4O2/c1-5-21-15-17-14(18-16(19-15)22-6-2)20(3,4)12-13-10-8-7-9-11-13/h7-11H,5-6,12H2,1-4H3/q+1. The second-order valence-electron chi connectivity index (χ2n) is 5.40. The normalized spacial score (nSPS) is 11.3. The summed E-state index contributed by atoms with van der Waals surface area (Å²) in [4.78, 5) is 13.0. The third-order valence-electron chi connectivity index (χ3n) is 3.09. The van der Waals surface area contributed by atoms with E-state index in [1.165, 1.54) is 5.56 Å². The molecule has 0 aliphatic carbocycles. The Bertz CT molecular complexity index is 578. The van der Waals surface area contributed by atoms with Crippen molar-refractivity contribution in [1.82, 2.24) is 19.4 Å². The molecule has 0 fully saturated rings. The summed E-state index contributed by atoms with van der Waals surface area (Å²) in [5.74, 6) is 0.616. The van der Waals surface area contributed by atoms with E-state index in [9.17, 15) is 0 Å². The van der Waals surface area contributed by atoms with Gasteiger partial charge in [0.15, 0.2) is 0 Å². The highest BCUT2D eigenvalue weighted by Gasteiger charge is 2.26. The number of quaternary nitrogens is 1. The van der Waals surface area contributed by atoms with E-state index in [4.69, 9.17) is 9.47 Å². The van der Waals surface area contributed by atoms with Gasteiger partial charge < -0.3 is 9.47 Å². The second kappa shape index (κ2) is 7.17. The van der Waals surface area contributed by atoms with Gasteiger partial charge in [-0.2, -0.15) is 0 Å². The van der Waals surface area contributed by atoms with Crippen LogP contribution in [0, 0.1) is 0 Å². The van der Waals surface area contributed by atoms with Gasteiger partial charge in [-0.25, -0.2) is 0 Å². The lowest BCUT2D eigenvalue weighted by atomic mass is 10.2. The van der Waals surface area contributed by atoms with Crippen LogP contribution in [0.2, 0.25) is 0 Å². The first-order chi connectivity index (χ1) is 10.5. The van der Waals surface area contributed by atoms with Crippen molar-refractivity contribution < 1.29 is 9.47 Å². The van der Waals surface area contributed by atoms with Crippen molar-refractivity contribution in [3.05, 3.63) is 35.9 Å². The van der Waals surface area contributed by atoms with Crippen LogP contribution in [0.25, 0.3) is 0 Å². The van der Waals surface area contributed by atoms with E-state index in [0.717, 1.165) is 6.54 Å². The topological polar surface area (TPSA) is 57.1 Å². The van der Waals surface area contributed by atoms with E-state index < -0.39 is 0 Å². The minimum Gasteiger partial charge on any atom is -0.463 e. The van der Waals surface area contributed by atoms with Gasteiger partial charge in [-0.1, -0.05) is 30.3 Å². The van der Waals surface area contributed by atoms with Crippen LogP contribution in [-0.4, -0.2) is 42.3 Å². The highest BCUT2D eigenvalue weighted by molar-refractivity contribution is 5.29. The highest BCUT2D eigenvalue weighted by Crippen LogP contribution is 2.22. The van der Waals surface area contributed by atoms with Crippen molar-refractivity contribution in [3.8, 4) is 12.0 Å². The number of benzene rings is 1. The van der Waals surface area contributed by atoms with E-state index in [0.29, 0.717) is 35.7 Å². The van der Waals surface area contributed by atoms with Crippen LogP contribution in [0.3, 0.4) is 0 Å². The Labute approximate surface area is 131 Å². The Morgan fingerprint density at radius 1 is 0.864 bits per heavy atom. The molecule has 22 heavy (non-hydrogen) atoms. The fourth-order valence-corrected chi connectivity index (χ4v) is 2.10. The van der Waals surface area contributed by atoms with Crippen molar-refractivity contribution >= 4 is 5.95 Å². The van der Waals surface area contributed by atoms with Gasteiger partial charge in [0.05, 0.1) is 27.3 Å². The zero-order chi connectivity index (χ0) is 16.0. The van der Waals surface area contributed by atoms with Gasteiger partial charge in [-0.05, 0) is 13.8 Å². The lowest BCUT2D eigenvalue weighted by Crippen LogP contribution is -2.41. The predicted molar refractivity (Wildman–Crippen MR) is 86.0 cm³/mol. The first-order valence-electron chi connectivity index (χ1n) is 7.44. The van der Waals surface area contributed by atoms with Crippen LogP contribution in [-0.2, 0) is 6.54 Å². The minimum absolute atomic E-state index is 0.301. The molecule has 118 valence electrons. The summed E-state index contributed by atoms with van der Waals surface area (Å²) in [6.07, 6.45) is 0. The van der Waals surface area contributed by atoms with Crippen LogP contribution < -0.4 is 14.0 Å². The molecule has 1 aromatic heterocycles. The van der Waals surface area contributed by atoms with Gasteiger partial charge in [0, 0.05) is 5.56 Å². The Hall–Kier alpha value is -2.21. The number of hydrogen-bond acceptors (Lipinski definition) is 5. The highest BCUT2D eigenvalue weighted by atomic mass is 16.5. The van der Waals surface area contributed by atoms with E-state index in [2.05, 4.69) is 27.1 Å². The molecule has 0 aliphatic rings. The van der Waals surface area contributed by atoms with E-state index in [-0.39, 0.29) is 0 Å². The monoisotopic (exact) mass is 303 g/mol. The van der Waals surface area contributed by atoms with E-state index >= 15 is 0 Å². The van der Waals surface area contributed by atoms with Gasteiger partial charge in [-0.3, -0.25) is 4.48 Å². The first-order valence-corrected chi connectivity index (χ1v) is 7.44. The van der Waals surface area contributed by atoms with Crippen LogP contribution in [0.4, 0.5) is 5.95 Å². The van der Waals surface area contributed by atoms with Crippen LogP contribution in [0.1, 0.15) is 19.4 Å².